The SMILES string of the molecule is CC(C)(O)c1nc(Cl)c(S)o1. The van der Waals surface area contributed by atoms with Crippen LogP contribution in [-0.4, -0.2) is 10.1 Å². The van der Waals surface area contributed by atoms with Crippen molar-refractivity contribution in [3.8, 4) is 0 Å². The molecule has 1 heterocycles. The second kappa shape index (κ2) is 2.69. The van der Waals surface area contributed by atoms with Gasteiger partial charge in [-0.2, -0.15) is 4.98 Å². The molecule has 0 bridgehead atoms. The molecule has 0 spiro atoms. The lowest BCUT2D eigenvalue weighted by Crippen LogP contribution is -2.15. The predicted octanol–water partition coefficient (Wildman–Crippen LogP) is 1.84. The molecule has 0 atom stereocenters. The Bertz CT molecular complexity index is 247. The number of halogens is 1. The summed E-state index contributed by atoms with van der Waals surface area (Å²) in [4.78, 5) is 3.75. The molecule has 1 aromatic rings. The molecular weight excluding hydrogens is 186 g/mol. The van der Waals surface area contributed by atoms with Crippen molar-refractivity contribution in [2.45, 2.75) is 24.5 Å². The van der Waals surface area contributed by atoms with Crippen LogP contribution in [0.25, 0.3) is 0 Å². The third-order valence-electron chi connectivity index (χ3n) is 1.09. The van der Waals surface area contributed by atoms with Gasteiger partial charge in [-0.25, -0.2) is 0 Å². The highest BCUT2D eigenvalue weighted by atomic mass is 35.5. The third-order valence-corrected chi connectivity index (χ3v) is 1.78. The van der Waals surface area contributed by atoms with Gasteiger partial charge in [0.1, 0.15) is 5.60 Å². The summed E-state index contributed by atoms with van der Waals surface area (Å²) in [7, 11) is 0. The molecule has 0 fully saturated rings. The molecule has 1 rings (SSSR count). The largest absolute Gasteiger partial charge is 0.430 e. The van der Waals surface area contributed by atoms with E-state index in [1.54, 1.807) is 13.8 Å². The van der Waals surface area contributed by atoms with Crippen LogP contribution in [0.15, 0.2) is 9.51 Å². The molecule has 0 saturated carbocycles. The lowest BCUT2D eigenvalue weighted by molar-refractivity contribution is 0.0448. The summed E-state index contributed by atoms with van der Waals surface area (Å²) in [5.41, 5.74) is -1.11. The van der Waals surface area contributed by atoms with E-state index in [-0.39, 0.29) is 16.1 Å². The van der Waals surface area contributed by atoms with Crippen molar-refractivity contribution in [1.29, 1.82) is 0 Å². The zero-order chi connectivity index (χ0) is 8.65. The summed E-state index contributed by atoms with van der Waals surface area (Å²) < 4.78 is 4.95. The van der Waals surface area contributed by atoms with Crippen molar-refractivity contribution in [2.75, 3.05) is 0 Å². The average molecular weight is 194 g/mol. The normalized spacial score (nSPS) is 12.1. The maximum Gasteiger partial charge on any atom is 0.228 e. The van der Waals surface area contributed by atoms with Gasteiger partial charge in [-0.15, -0.1) is 12.6 Å². The highest BCUT2D eigenvalue weighted by Crippen LogP contribution is 2.26. The highest BCUT2D eigenvalue weighted by molar-refractivity contribution is 7.80. The number of rotatable bonds is 1. The summed E-state index contributed by atoms with van der Waals surface area (Å²) in [6, 6.07) is 0. The molecule has 0 unspecified atom stereocenters. The number of aromatic nitrogens is 1. The standard InChI is InChI=1S/C6H8ClNO2S/c1-6(2,9)5-8-3(7)4(11)10-5/h9,11H,1-2H3. The Hall–Kier alpha value is -0.190. The lowest BCUT2D eigenvalue weighted by Gasteiger charge is -2.10. The van der Waals surface area contributed by atoms with Crippen molar-refractivity contribution >= 4 is 24.2 Å². The van der Waals surface area contributed by atoms with E-state index < -0.39 is 5.60 Å². The summed E-state index contributed by atoms with van der Waals surface area (Å²) in [5, 5.41) is 9.78. The van der Waals surface area contributed by atoms with E-state index in [2.05, 4.69) is 17.6 Å². The average Bonchev–Trinajstić information content (AvgIpc) is 2.11. The number of hydrogen-bond donors (Lipinski definition) is 2. The molecule has 0 aliphatic rings. The molecule has 1 aromatic heterocycles. The van der Waals surface area contributed by atoms with Crippen LogP contribution in [0.3, 0.4) is 0 Å². The van der Waals surface area contributed by atoms with Crippen LogP contribution in [0.2, 0.25) is 5.15 Å². The fourth-order valence-electron chi connectivity index (χ4n) is 0.555. The number of aliphatic hydroxyl groups is 1. The Morgan fingerprint density at radius 2 is 2.18 bits per heavy atom. The highest BCUT2D eigenvalue weighted by Gasteiger charge is 2.23. The van der Waals surface area contributed by atoms with Crippen LogP contribution in [0.1, 0.15) is 19.7 Å². The van der Waals surface area contributed by atoms with Gasteiger partial charge in [0.2, 0.25) is 5.89 Å². The molecule has 0 aliphatic heterocycles. The quantitative estimate of drug-likeness (QED) is 0.670. The van der Waals surface area contributed by atoms with Gasteiger partial charge in [-0.1, -0.05) is 11.6 Å². The van der Waals surface area contributed by atoms with Crippen molar-refractivity contribution in [1.82, 2.24) is 4.98 Å². The fourth-order valence-corrected chi connectivity index (χ4v) is 0.807. The summed E-state index contributed by atoms with van der Waals surface area (Å²) in [6.45, 7) is 3.12. The molecule has 0 amide bonds. The molecular formula is C6H8ClNO2S. The van der Waals surface area contributed by atoms with Crippen LogP contribution in [-0.2, 0) is 5.60 Å². The van der Waals surface area contributed by atoms with E-state index in [0.717, 1.165) is 0 Å². The first-order valence-corrected chi connectivity index (χ1v) is 3.82. The van der Waals surface area contributed by atoms with Gasteiger partial charge < -0.3 is 9.52 Å². The van der Waals surface area contributed by atoms with Gasteiger partial charge in [0.15, 0.2) is 10.2 Å². The first kappa shape index (κ1) is 8.90. The third kappa shape index (κ3) is 1.89. The second-order valence-electron chi connectivity index (χ2n) is 2.67. The molecule has 5 heteroatoms. The first-order valence-electron chi connectivity index (χ1n) is 2.99. The predicted molar refractivity (Wildman–Crippen MR) is 44.0 cm³/mol. The Labute approximate surface area is 74.8 Å². The lowest BCUT2D eigenvalue weighted by atomic mass is 10.1. The van der Waals surface area contributed by atoms with Gasteiger partial charge in [0, 0.05) is 0 Å². The summed E-state index contributed by atoms with van der Waals surface area (Å²) in [6.07, 6.45) is 0. The van der Waals surface area contributed by atoms with Crippen molar-refractivity contribution in [3.63, 3.8) is 0 Å². The topological polar surface area (TPSA) is 46.3 Å². The maximum absolute atomic E-state index is 9.38. The van der Waals surface area contributed by atoms with Crippen LogP contribution in [0.5, 0.6) is 0 Å². The zero-order valence-electron chi connectivity index (χ0n) is 6.13. The Balaban J connectivity index is 3.08. The Morgan fingerprint density at radius 1 is 1.64 bits per heavy atom. The van der Waals surface area contributed by atoms with E-state index in [1.807, 2.05) is 0 Å². The van der Waals surface area contributed by atoms with Gasteiger partial charge in [0.05, 0.1) is 0 Å². The fraction of sp³-hybridized carbons (Fsp3) is 0.500. The minimum atomic E-state index is -1.11. The molecule has 3 nitrogen and oxygen atoms in total. The van der Waals surface area contributed by atoms with E-state index in [1.165, 1.54) is 0 Å². The van der Waals surface area contributed by atoms with Crippen molar-refractivity contribution in [2.24, 2.45) is 0 Å². The monoisotopic (exact) mass is 193 g/mol. The number of thiol groups is 1. The Kier molecular flexibility index (Phi) is 2.18. The van der Waals surface area contributed by atoms with Crippen molar-refractivity contribution in [3.05, 3.63) is 11.0 Å². The Morgan fingerprint density at radius 3 is 2.36 bits per heavy atom. The summed E-state index contributed by atoms with van der Waals surface area (Å²) >= 11 is 9.42. The van der Waals surface area contributed by atoms with Crippen LogP contribution < -0.4 is 0 Å². The van der Waals surface area contributed by atoms with E-state index in [0.29, 0.717) is 0 Å². The van der Waals surface area contributed by atoms with Gasteiger partial charge in [-0.3, -0.25) is 0 Å². The smallest absolute Gasteiger partial charge is 0.228 e. The van der Waals surface area contributed by atoms with Crippen LogP contribution in [0, 0.1) is 0 Å². The van der Waals surface area contributed by atoms with Crippen molar-refractivity contribution < 1.29 is 9.52 Å². The minimum Gasteiger partial charge on any atom is -0.430 e. The van der Waals surface area contributed by atoms with E-state index in [9.17, 15) is 5.11 Å². The molecule has 1 N–H and O–H groups in total. The summed E-state index contributed by atoms with van der Waals surface area (Å²) in [5.74, 6) is 0.174. The van der Waals surface area contributed by atoms with Gasteiger partial charge in [-0.05, 0) is 13.8 Å². The number of hydrogen-bond acceptors (Lipinski definition) is 4. The van der Waals surface area contributed by atoms with Gasteiger partial charge in [0.25, 0.3) is 0 Å². The molecule has 0 aliphatic carbocycles. The first-order chi connectivity index (χ1) is 4.91. The van der Waals surface area contributed by atoms with Crippen LogP contribution in [0.4, 0.5) is 0 Å². The van der Waals surface area contributed by atoms with E-state index >= 15 is 0 Å². The number of oxazole rings is 1. The van der Waals surface area contributed by atoms with Gasteiger partial charge >= 0.3 is 0 Å². The zero-order valence-corrected chi connectivity index (χ0v) is 7.78. The van der Waals surface area contributed by atoms with Crippen LogP contribution >= 0.6 is 24.2 Å². The molecule has 0 aromatic carbocycles. The molecule has 0 radical (unpaired) electrons. The maximum atomic E-state index is 9.38. The molecule has 62 valence electrons. The number of nitrogens with zero attached hydrogens (tertiary/aromatic N) is 1. The second-order valence-corrected chi connectivity index (χ2v) is 3.44. The van der Waals surface area contributed by atoms with E-state index in [4.69, 9.17) is 16.0 Å². The molecule has 0 saturated heterocycles. The minimum absolute atomic E-state index is 0.172. The molecule has 11 heavy (non-hydrogen) atoms.